The lowest BCUT2D eigenvalue weighted by Crippen LogP contribution is -2.24. The number of aromatic nitrogens is 2. The number of nitrogens with zero attached hydrogens (tertiary/aromatic N) is 3. The van der Waals surface area contributed by atoms with Gasteiger partial charge < -0.3 is 15.0 Å². The van der Waals surface area contributed by atoms with E-state index in [-0.39, 0.29) is 0 Å². The zero-order valence-electron chi connectivity index (χ0n) is 12.8. The first-order chi connectivity index (χ1) is 10.3. The Morgan fingerprint density at radius 1 is 1.10 bits per heavy atom. The molecule has 0 aliphatic heterocycles. The minimum atomic E-state index is 0.721. The van der Waals surface area contributed by atoms with Crippen molar-refractivity contribution in [3.8, 4) is 5.75 Å². The molecule has 1 heterocycles. The maximum atomic E-state index is 5.15. The van der Waals surface area contributed by atoms with E-state index in [1.165, 1.54) is 5.56 Å². The number of benzene rings is 1. The number of hydrogen-bond donors (Lipinski definition) is 1. The largest absolute Gasteiger partial charge is 0.497 e. The first-order valence-corrected chi connectivity index (χ1v) is 7.21. The molecule has 0 bridgehead atoms. The summed E-state index contributed by atoms with van der Waals surface area (Å²) in [4.78, 5) is 11.0. The van der Waals surface area contributed by atoms with Gasteiger partial charge in [-0.1, -0.05) is 12.1 Å². The second kappa shape index (κ2) is 7.47. The number of methoxy groups -OCH3 is 1. The molecule has 0 fully saturated rings. The summed E-state index contributed by atoms with van der Waals surface area (Å²) in [5, 5.41) is 3.32. The predicted octanol–water partition coefficient (Wildman–Crippen LogP) is 2.94. The maximum Gasteiger partial charge on any atom is 0.227 e. The quantitative estimate of drug-likeness (QED) is 0.848. The molecule has 0 saturated carbocycles. The second-order valence-corrected chi connectivity index (χ2v) is 4.62. The molecule has 2 rings (SSSR count). The molecule has 0 saturated heterocycles. The van der Waals surface area contributed by atoms with E-state index in [2.05, 4.69) is 34.0 Å². The Morgan fingerprint density at radius 3 is 2.43 bits per heavy atom. The van der Waals surface area contributed by atoms with Gasteiger partial charge in [0.15, 0.2) is 0 Å². The van der Waals surface area contributed by atoms with Gasteiger partial charge in [0.2, 0.25) is 5.95 Å². The van der Waals surface area contributed by atoms with Gasteiger partial charge in [-0.3, -0.25) is 0 Å². The molecule has 0 radical (unpaired) electrons. The Morgan fingerprint density at radius 2 is 1.81 bits per heavy atom. The average Bonchev–Trinajstić information content (AvgIpc) is 2.55. The third-order valence-electron chi connectivity index (χ3n) is 3.32. The summed E-state index contributed by atoms with van der Waals surface area (Å²) in [5.74, 6) is 2.46. The molecule has 1 aromatic heterocycles. The summed E-state index contributed by atoms with van der Waals surface area (Å²) < 4.78 is 5.15. The van der Waals surface area contributed by atoms with Crippen molar-refractivity contribution in [1.82, 2.24) is 9.97 Å². The molecular weight excluding hydrogens is 264 g/mol. The van der Waals surface area contributed by atoms with E-state index >= 15 is 0 Å². The van der Waals surface area contributed by atoms with Gasteiger partial charge in [-0.2, -0.15) is 4.98 Å². The third-order valence-corrected chi connectivity index (χ3v) is 3.32. The van der Waals surface area contributed by atoms with Crippen molar-refractivity contribution in [3.05, 3.63) is 42.1 Å². The fourth-order valence-corrected chi connectivity index (χ4v) is 2.04. The summed E-state index contributed by atoms with van der Waals surface area (Å²) in [6.07, 6.45) is 1.79. The Kier molecular flexibility index (Phi) is 5.37. The fraction of sp³-hybridized carbons (Fsp3) is 0.375. The van der Waals surface area contributed by atoms with Crippen LogP contribution in [0.2, 0.25) is 0 Å². The maximum absolute atomic E-state index is 5.15. The van der Waals surface area contributed by atoms with Gasteiger partial charge in [0.1, 0.15) is 11.6 Å². The van der Waals surface area contributed by atoms with Crippen LogP contribution >= 0.6 is 0 Å². The van der Waals surface area contributed by atoms with Crippen molar-refractivity contribution >= 4 is 11.8 Å². The third kappa shape index (κ3) is 4.08. The minimum absolute atomic E-state index is 0.721. The first-order valence-electron chi connectivity index (χ1n) is 7.21. The smallest absolute Gasteiger partial charge is 0.227 e. The number of nitrogens with one attached hydrogen (secondary N) is 1. The van der Waals surface area contributed by atoms with Gasteiger partial charge in [0.05, 0.1) is 7.11 Å². The van der Waals surface area contributed by atoms with Crippen molar-refractivity contribution in [2.75, 3.05) is 30.4 Å². The van der Waals surface area contributed by atoms with Gasteiger partial charge in [-0.05, 0) is 37.6 Å². The van der Waals surface area contributed by atoms with Crippen LogP contribution in [0.3, 0.4) is 0 Å². The van der Waals surface area contributed by atoms with Crippen LogP contribution in [0.25, 0.3) is 0 Å². The summed E-state index contributed by atoms with van der Waals surface area (Å²) in [6, 6.07) is 9.88. The summed E-state index contributed by atoms with van der Waals surface area (Å²) in [7, 11) is 1.67. The lowest BCUT2D eigenvalue weighted by Gasteiger charge is -2.18. The van der Waals surface area contributed by atoms with Crippen LogP contribution in [0.4, 0.5) is 11.8 Å². The van der Waals surface area contributed by atoms with Crippen molar-refractivity contribution in [2.24, 2.45) is 0 Å². The van der Waals surface area contributed by atoms with E-state index < -0.39 is 0 Å². The number of hydrogen-bond acceptors (Lipinski definition) is 5. The number of rotatable bonds is 7. The van der Waals surface area contributed by atoms with Gasteiger partial charge in [0.25, 0.3) is 0 Å². The summed E-state index contributed by atoms with van der Waals surface area (Å²) in [5.41, 5.74) is 1.18. The van der Waals surface area contributed by atoms with Gasteiger partial charge in [0, 0.05) is 25.8 Å². The van der Waals surface area contributed by atoms with Crippen LogP contribution in [-0.2, 0) is 6.54 Å². The standard InChI is InChI=1S/C16H22N4O/c1-4-20(5-2)16-17-11-10-15(19-16)18-12-13-6-8-14(21-3)9-7-13/h6-11H,4-5,12H2,1-3H3,(H,17,18,19). The van der Waals surface area contributed by atoms with Crippen LogP contribution in [-0.4, -0.2) is 30.2 Å². The Bertz CT molecular complexity index is 552. The highest BCUT2D eigenvalue weighted by atomic mass is 16.5. The highest BCUT2D eigenvalue weighted by molar-refractivity contribution is 5.42. The Labute approximate surface area is 126 Å². The van der Waals surface area contributed by atoms with Crippen molar-refractivity contribution in [2.45, 2.75) is 20.4 Å². The van der Waals surface area contributed by atoms with Crippen molar-refractivity contribution in [1.29, 1.82) is 0 Å². The minimum Gasteiger partial charge on any atom is -0.497 e. The van der Waals surface area contributed by atoms with Crippen LogP contribution in [0.5, 0.6) is 5.75 Å². The van der Waals surface area contributed by atoms with E-state index in [1.54, 1.807) is 13.3 Å². The lowest BCUT2D eigenvalue weighted by molar-refractivity contribution is 0.414. The molecule has 1 aromatic carbocycles. The molecule has 2 aromatic rings. The molecule has 0 aliphatic rings. The molecule has 0 amide bonds. The zero-order valence-corrected chi connectivity index (χ0v) is 12.8. The molecule has 112 valence electrons. The van der Waals surface area contributed by atoms with Crippen LogP contribution in [0.1, 0.15) is 19.4 Å². The SMILES string of the molecule is CCN(CC)c1nccc(NCc2ccc(OC)cc2)n1. The molecule has 1 N–H and O–H groups in total. The molecule has 5 nitrogen and oxygen atoms in total. The molecule has 0 atom stereocenters. The summed E-state index contributed by atoms with van der Waals surface area (Å²) in [6.45, 7) is 6.73. The molecule has 0 unspecified atom stereocenters. The Hall–Kier alpha value is -2.30. The van der Waals surface area contributed by atoms with E-state index in [1.807, 2.05) is 30.3 Å². The van der Waals surface area contributed by atoms with Crippen molar-refractivity contribution < 1.29 is 4.74 Å². The van der Waals surface area contributed by atoms with E-state index in [0.29, 0.717) is 0 Å². The van der Waals surface area contributed by atoms with Crippen LogP contribution in [0.15, 0.2) is 36.5 Å². The van der Waals surface area contributed by atoms with Crippen LogP contribution < -0.4 is 15.0 Å². The normalized spacial score (nSPS) is 10.2. The van der Waals surface area contributed by atoms with Gasteiger partial charge in [-0.15, -0.1) is 0 Å². The van der Waals surface area contributed by atoms with Gasteiger partial charge >= 0.3 is 0 Å². The molecule has 0 aliphatic carbocycles. The van der Waals surface area contributed by atoms with E-state index in [0.717, 1.165) is 37.1 Å². The van der Waals surface area contributed by atoms with Crippen molar-refractivity contribution in [3.63, 3.8) is 0 Å². The van der Waals surface area contributed by atoms with Gasteiger partial charge in [-0.25, -0.2) is 4.98 Å². The van der Waals surface area contributed by atoms with Crippen LogP contribution in [0, 0.1) is 0 Å². The highest BCUT2D eigenvalue weighted by Gasteiger charge is 2.05. The second-order valence-electron chi connectivity index (χ2n) is 4.62. The van der Waals surface area contributed by atoms with E-state index in [4.69, 9.17) is 4.74 Å². The molecular formula is C16H22N4O. The summed E-state index contributed by atoms with van der Waals surface area (Å²) >= 11 is 0. The van der Waals surface area contributed by atoms with E-state index in [9.17, 15) is 0 Å². The number of ether oxygens (including phenoxy) is 1. The predicted molar refractivity (Wildman–Crippen MR) is 85.9 cm³/mol. The number of anilines is 2. The lowest BCUT2D eigenvalue weighted by atomic mass is 10.2. The monoisotopic (exact) mass is 286 g/mol. The molecule has 0 spiro atoms. The Balaban J connectivity index is 2.00. The first kappa shape index (κ1) is 15.1. The molecule has 5 heteroatoms. The average molecular weight is 286 g/mol. The topological polar surface area (TPSA) is 50.3 Å². The fourth-order valence-electron chi connectivity index (χ4n) is 2.04. The molecule has 21 heavy (non-hydrogen) atoms. The zero-order chi connectivity index (χ0) is 15.1. The highest BCUT2D eigenvalue weighted by Crippen LogP contribution is 2.14.